The highest BCUT2D eigenvalue weighted by molar-refractivity contribution is 5.76. The first-order chi connectivity index (χ1) is 11.6. The highest BCUT2D eigenvalue weighted by Crippen LogP contribution is 2.30. The van der Waals surface area contributed by atoms with Crippen LogP contribution in [-0.2, 0) is 11.2 Å². The number of carbonyl (C=O) groups is 1. The molecule has 1 fully saturated rings. The van der Waals surface area contributed by atoms with Crippen LogP contribution < -0.4 is 5.32 Å². The first-order valence-electron chi connectivity index (χ1n) is 8.57. The number of nitrogens with zero attached hydrogens (tertiary/aromatic N) is 1. The number of alkyl halides is 1. The lowest BCUT2D eigenvalue weighted by molar-refractivity contribution is -0.122. The molecule has 1 heterocycles. The third kappa shape index (κ3) is 4.53. The van der Waals surface area contributed by atoms with Gasteiger partial charge in [0.2, 0.25) is 5.91 Å². The maximum absolute atomic E-state index is 14.4. The Hall–Kier alpha value is -1.50. The van der Waals surface area contributed by atoms with E-state index in [0.29, 0.717) is 13.1 Å². The maximum atomic E-state index is 14.4. The number of aryl methyl sites for hydroxylation is 1. The van der Waals surface area contributed by atoms with E-state index in [1.165, 1.54) is 5.56 Å². The van der Waals surface area contributed by atoms with Gasteiger partial charge in [-0.2, -0.15) is 0 Å². The average Bonchev–Trinajstić information content (AvgIpc) is 2.80. The van der Waals surface area contributed by atoms with Gasteiger partial charge in [-0.1, -0.05) is 30.3 Å². The zero-order valence-corrected chi connectivity index (χ0v) is 14.1. The minimum absolute atomic E-state index is 0.00605. The number of aliphatic hydroxyl groups is 2. The minimum Gasteiger partial charge on any atom is -0.395 e. The summed E-state index contributed by atoms with van der Waals surface area (Å²) in [5, 5.41) is 22.2. The largest absolute Gasteiger partial charge is 0.395 e. The van der Waals surface area contributed by atoms with Crippen molar-refractivity contribution in [3.63, 3.8) is 0 Å². The Labute approximate surface area is 142 Å². The fraction of sp³-hybridized carbons (Fsp3) is 0.611. The van der Waals surface area contributed by atoms with Gasteiger partial charge in [-0.25, -0.2) is 4.39 Å². The highest BCUT2D eigenvalue weighted by atomic mass is 19.1. The van der Waals surface area contributed by atoms with E-state index in [-0.39, 0.29) is 18.9 Å². The van der Waals surface area contributed by atoms with Crippen LogP contribution in [0, 0.1) is 0 Å². The number of likely N-dealkylation sites (tertiary alicyclic amines) is 1. The van der Waals surface area contributed by atoms with E-state index < -0.39 is 24.4 Å². The molecule has 2 rings (SSSR count). The summed E-state index contributed by atoms with van der Waals surface area (Å²) in [6, 6.07) is 8.62. The van der Waals surface area contributed by atoms with Crippen LogP contribution in [0.25, 0.3) is 0 Å². The number of hydrogen-bond donors (Lipinski definition) is 3. The normalized spacial score (nSPS) is 27.3. The second-order valence-corrected chi connectivity index (χ2v) is 6.24. The number of nitrogens with one attached hydrogen (secondary N) is 1. The number of amides is 1. The number of aliphatic hydroxyl groups excluding tert-OH is 2. The Balaban J connectivity index is 1.99. The Morgan fingerprint density at radius 3 is 2.62 bits per heavy atom. The number of rotatable bonds is 8. The zero-order chi connectivity index (χ0) is 17.5. The smallest absolute Gasteiger partial charge is 0.221 e. The van der Waals surface area contributed by atoms with Crippen molar-refractivity contribution in [1.29, 1.82) is 0 Å². The van der Waals surface area contributed by atoms with Crippen molar-refractivity contribution in [1.82, 2.24) is 10.2 Å². The van der Waals surface area contributed by atoms with Crippen molar-refractivity contribution in [3.8, 4) is 0 Å². The maximum Gasteiger partial charge on any atom is 0.221 e. The lowest BCUT2D eigenvalue weighted by atomic mass is 10.1. The molecule has 1 saturated heterocycles. The molecule has 1 aromatic carbocycles. The summed E-state index contributed by atoms with van der Waals surface area (Å²) in [4.78, 5) is 13.6. The quantitative estimate of drug-likeness (QED) is 0.658. The van der Waals surface area contributed by atoms with Gasteiger partial charge in [0.05, 0.1) is 18.7 Å². The molecular weight excluding hydrogens is 311 g/mol. The molecule has 1 aromatic rings. The Bertz CT molecular complexity index is 514. The van der Waals surface area contributed by atoms with Gasteiger partial charge in [0, 0.05) is 13.0 Å². The van der Waals surface area contributed by atoms with Gasteiger partial charge in [-0.05, 0) is 31.9 Å². The van der Waals surface area contributed by atoms with Gasteiger partial charge in [0.1, 0.15) is 12.3 Å². The molecule has 0 saturated carbocycles. The molecule has 24 heavy (non-hydrogen) atoms. The molecule has 5 nitrogen and oxygen atoms in total. The summed E-state index contributed by atoms with van der Waals surface area (Å²) < 4.78 is 14.4. The molecular formula is C18H27FN2O3. The van der Waals surface area contributed by atoms with E-state index in [9.17, 15) is 19.4 Å². The first kappa shape index (κ1) is 18.8. The first-order valence-corrected chi connectivity index (χ1v) is 8.57. The van der Waals surface area contributed by atoms with Gasteiger partial charge in [0.15, 0.2) is 0 Å². The van der Waals surface area contributed by atoms with Gasteiger partial charge < -0.3 is 15.5 Å². The van der Waals surface area contributed by atoms with Crippen molar-refractivity contribution in [3.05, 3.63) is 35.9 Å². The van der Waals surface area contributed by atoms with E-state index in [0.717, 1.165) is 12.8 Å². The van der Waals surface area contributed by atoms with Gasteiger partial charge in [0.25, 0.3) is 0 Å². The van der Waals surface area contributed by atoms with Crippen molar-refractivity contribution < 1.29 is 19.4 Å². The second kappa shape index (κ2) is 9.11. The predicted octanol–water partition coefficient (Wildman–Crippen LogP) is 0.889. The third-order valence-electron chi connectivity index (χ3n) is 4.62. The molecule has 1 aliphatic heterocycles. The topological polar surface area (TPSA) is 72.8 Å². The molecule has 0 bridgehead atoms. The van der Waals surface area contributed by atoms with E-state index in [1.54, 1.807) is 4.90 Å². The number of carbonyl (C=O) groups excluding carboxylic acids is 1. The number of benzene rings is 1. The monoisotopic (exact) mass is 338 g/mol. The molecule has 3 N–H and O–H groups in total. The van der Waals surface area contributed by atoms with Crippen LogP contribution in [0.3, 0.4) is 0 Å². The van der Waals surface area contributed by atoms with Crippen molar-refractivity contribution in [2.75, 3.05) is 19.7 Å². The standard InChI is InChI=1S/C18H27FN2O3/c1-2-20-16(23)11-14-17(19)18(24)15(12-22)21(14)10-6-9-13-7-4-3-5-8-13/h3-5,7-8,14-15,17-18,22,24H,2,6,9-12H2,1H3,(H,20,23)/t14-,15-,17-,18-/m1/s1. The highest BCUT2D eigenvalue weighted by Gasteiger charge is 2.48. The molecule has 1 amide bonds. The third-order valence-corrected chi connectivity index (χ3v) is 4.62. The fourth-order valence-corrected chi connectivity index (χ4v) is 3.41. The van der Waals surface area contributed by atoms with Gasteiger partial charge in [-0.15, -0.1) is 0 Å². The van der Waals surface area contributed by atoms with E-state index >= 15 is 0 Å². The Kier molecular flexibility index (Phi) is 7.15. The molecule has 0 radical (unpaired) electrons. The SMILES string of the molecule is CCNC(=O)C[C@@H]1[C@@H](F)[C@H](O)[C@@H](CO)N1CCCc1ccccc1. The summed E-state index contributed by atoms with van der Waals surface area (Å²) in [5.74, 6) is -0.232. The van der Waals surface area contributed by atoms with Crippen LogP contribution in [0.2, 0.25) is 0 Å². The van der Waals surface area contributed by atoms with Crippen LogP contribution in [0.1, 0.15) is 25.3 Å². The molecule has 1 aliphatic rings. The Morgan fingerprint density at radius 2 is 2.00 bits per heavy atom. The lowest BCUT2D eigenvalue weighted by Crippen LogP contribution is -2.44. The molecule has 6 heteroatoms. The van der Waals surface area contributed by atoms with Crippen molar-refractivity contribution in [2.45, 2.75) is 50.5 Å². The Morgan fingerprint density at radius 1 is 1.29 bits per heavy atom. The predicted molar refractivity (Wildman–Crippen MR) is 90.3 cm³/mol. The summed E-state index contributed by atoms with van der Waals surface area (Å²) >= 11 is 0. The van der Waals surface area contributed by atoms with E-state index in [4.69, 9.17) is 0 Å². The van der Waals surface area contributed by atoms with Gasteiger partial charge in [-0.3, -0.25) is 9.69 Å². The minimum atomic E-state index is -1.53. The molecule has 0 unspecified atom stereocenters. The average molecular weight is 338 g/mol. The van der Waals surface area contributed by atoms with Crippen LogP contribution in [0.5, 0.6) is 0 Å². The van der Waals surface area contributed by atoms with E-state index in [1.807, 2.05) is 37.3 Å². The van der Waals surface area contributed by atoms with Crippen LogP contribution in [-0.4, -0.2) is 65.1 Å². The summed E-state index contributed by atoms with van der Waals surface area (Å²) in [6.45, 7) is 2.51. The van der Waals surface area contributed by atoms with Gasteiger partial charge >= 0.3 is 0 Å². The number of halogens is 1. The number of hydrogen-bond acceptors (Lipinski definition) is 4. The summed E-state index contributed by atoms with van der Waals surface area (Å²) in [7, 11) is 0. The molecule has 134 valence electrons. The molecule has 0 aromatic heterocycles. The van der Waals surface area contributed by atoms with Crippen LogP contribution in [0.15, 0.2) is 30.3 Å². The second-order valence-electron chi connectivity index (χ2n) is 6.24. The molecule has 4 atom stereocenters. The van der Waals surface area contributed by atoms with Crippen LogP contribution in [0.4, 0.5) is 4.39 Å². The zero-order valence-electron chi connectivity index (χ0n) is 14.1. The summed E-state index contributed by atoms with van der Waals surface area (Å²) in [6.07, 6.45) is -1.19. The summed E-state index contributed by atoms with van der Waals surface area (Å²) in [5.41, 5.74) is 1.19. The van der Waals surface area contributed by atoms with Crippen molar-refractivity contribution >= 4 is 5.91 Å². The fourth-order valence-electron chi connectivity index (χ4n) is 3.41. The van der Waals surface area contributed by atoms with Crippen molar-refractivity contribution in [2.24, 2.45) is 0 Å². The van der Waals surface area contributed by atoms with E-state index in [2.05, 4.69) is 5.32 Å². The lowest BCUT2D eigenvalue weighted by Gasteiger charge is -2.29. The molecule has 0 spiro atoms. The van der Waals surface area contributed by atoms with Crippen LogP contribution >= 0.6 is 0 Å². The molecule has 0 aliphatic carbocycles.